The first kappa shape index (κ1) is 13.2. The van der Waals surface area contributed by atoms with E-state index in [1.54, 1.807) is 11.8 Å². The van der Waals surface area contributed by atoms with E-state index >= 15 is 0 Å². The Labute approximate surface area is 84.9 Å². The molecule has 0 aromatic heterocycles. The number of aliphatic hydroxyl groups excluding tert-OH is 2. The van der Waals surface area contributed by atoms with Crippen LogP contribution in [0.2, 0.25) is 0 Å². The van der Waals surface area contributed by atoms with Gasteiger partial charge in [0.05, 0.1) is 13.2 Å². The summed E-state index contributed by atoms with van der Waals surface area (Å²) in [6.45, 7) is 5.62. The summed E-state index contributed by atoms with van der Waals surface area (Å²) < 4.78 is 0. The summed E-state index contributed by atoms with van der Waals surface area (Å²) >= 11 is 1.80. The fourth-order valence-electron chi connectivity index (χ4n) is 0.822. The lowest BCUT2D eigenvalue weighted by molar-refractivity contribution is 0.0700. The molecule has 0 aromatic rings. The fourth-order valence-corrected chi connectivity index (χ4v) is 1.11. The molecule has 0 fully saturated rings. The highest BCUT2D eigenvalue weighted by molar-refractivity contribution is 7.99. The lowest BCUT2D eigenvalue weighted by Gasteiger charge is -2.25. The molecular formula is C9H21NO2S. The van der Waals surface area contributed by atoms with Crippen molar-refractivity contribution in [2.75, 3.05) is 32.6 Å². The Morgan fingerprint density at radius 1 is 1.38 bits per heavy atom. The zero-order chi connectivity index (χ0) is 10.3. The lowest BCUT2D eigenvalue weighted by Crippen LogP contribution is -2.39. The van der Waals surface area contributed by atoms with Gasteiger partial charge in [-0.25, -0.2) is 0 Å². The van der Waals surface area contributed by atoms with Gasteiger partial charge in [-0.2, -0.15) is 11.8 Å². The molecule has 4 heteroatoms. The Morgan fingerprint density at radius 3 is 2.31 bits per heavy atom. The number of aliphatic hydroxyl groups is 2. The Bertz CT molecular complexity index is 129. The zero-order valence-corrected chi connectivity index (χ0v) is 9.52. The van der Waals surface area contributed by atoms with Crippen molar-refractivity contribution in [3.05, 3.63) is 0 Å². The first-order valence-electron chi connectivity index (χ1n) is 4.53. The smallest absolute Gasteiger partial charge is 0.0518 e. The van der Waals surface area contributed by atoms with Crippen LogP contribution in [0, 0.1) is 5.41 Å². The standard InChI is InChI=1S/C9H21NO2S/c1-8(13-3)4-10-5-9(2,6-11)7-12/h8,10-12H,4-7H2,1-3H3. The van der Waals surface area contributed by atoms with E-state index in [-0.39, 0.29) is 13.2 Å². The van der Waals surface area contributed by atoms with Crippen molar-refractivity contribution in [2.24, 2.45) is 5.41 Å². The molecule has 3 N–H and O–H groups in total. The van der Waals surface area contributed by atoms with Crippen molar-refractivity contribution in [3.8, 4) is 0 Å². The van der Waals surface area contributed by atoms with E-state index in [9.17, 15) is 0 Å². The predicted molar refractivity (Wildman–Crippen MR) is 58.1 cm³/mol. The molecule has 0 aliphatic rings. The Kier molecular flexibility index (Phi) is 6.77. The summed E-state index contributed by atoms with van der Waals surface area (Å²) in [6, 6.07) is 0. The molecule has 1 unspecified atom stereocenters. The van der Waals surface area contributed by atoms with Crippen LogP contribution in [0.4, 0.5) is 0 Å². The van der Waals surface area contributed by atoms with Crippen LogP contribution in [0.3, 0.4) is 0 Å². The molecule has 80 valence electrons. The Morgan fingerprint density at radius 2 is 1.92 bits per heavy atom. The molecule has 0 spiro atoms. The molecule has 3 nitrogen and oxygen atoms in total. The van der Waals surface area contributed by atoms with Gasteiger partial charge in [0, 0.05) is 23.8 Å². The summed E-state index contributed by atoms with van der Waals surface area (Å²) in [4.78, 5) is 0. The number of nitrogens with one attached hydrogen (secondary N) is 1. The maximum atomic E-state index is 9.00. The van der Waals surface area contributed by atoms with Crippen LogP contribution in [0.25, 0.3) is 0 Å². The quantitative estimate of drug-likeness (QED) is 0.563. The van der Waals surface area contributed by atoms with Gasteiger partial charge in [0.1, 0.15) is 0 Å². The second-order valence-corrected chi connectivity index (χ2v) is 5.08. The van der Waals surface area contributed by atoms with Crippen LogP contribution < -0.4 is 5.32 Å². The minimum atomic E-state index is -0.391. The molecule has 0 aliphatic carbocycles. The summed E-state index contributed by atoms with van der Waals surface area (Å²) in [5.74, 6) is 0. The van der Waals surface area contributed by atoms with E-state index in [0.717, 1.165) is 6.54 Å². The fraction of sp³-hybridized carbons (Fsp3) is 1.00. The van der Waals surface area contributed by atoms with Gasteiger partial charge in [-0.15, -0.1) is 0 Å². The average molecular weight is 207 g/mol. The third-order valence-electron chi connectivity index (χ3n) is 2.15. The van der Waals surface area contributed by atoms with Gasteiger partial charge in [-0.3, -0.25) is 0 Å². The number of hydrogen-bond acceptors (Lipinski definition) is 4. The van der Waals surface area contributed by atoms with Crippen LogP contribution >= 0.6 is 11.8 Å². The molecule has 0 heterocycles. The molecule has 0 saturated heterocycles. The number of rotatable bonds is 7. The van der Waals surface area contributed by atoms with Gasteiger partial charge in [0.25, 0.3) is 0 Å². The highest BCUT2D eigenvalue weighted by Crippen LogP contribution is 2.12. The maximum absolute atomic E-state index is 9.00. The Balaban J connectivity index is 3.61. The minimum absolute atomic E-state index is 0.0180. The van der Waals surface area contributed by atoms with Crippen molar-refractivity contribution in [3.63, 3.8) is 0 Å². The summed E-state index contributed by atoms with van der Waals surface area (Å²) in [6.07, 6.45) is 2.07. The highest BCUT2D eigenvalue weighted by atomic mass is 32.2. The summed E-state index contributed by atoms with van der Waals surface area (Å²) in [5, 5.41) is 21.8. The number of hydrogen-bond donors (Lipinski definition) is 3. The van der Waals surface area contributed by atoms with E-state index in [0.29, 0.717) is 11.8 Å². The van der Waals surface area contributed by atoms with Crippen LogP contribution in [0.1, 0.15) is 13.8 Å². The van der Waals surface area contributed by atoms with E-state index in [1.807, 2.05) is 6.92 Å². The lowest BCUT2D eigenvalue weighted by atomic mass is 9.93. The first-order chi connectivity index (χ1) is 6.08. The summed E-state index contributed by atoms with van der Waals surface area (Å²) in [7, 11) is 0. The Hall–Kier alpha value is 0.230. The molecule has 13 heavy (non-hydrogen) atoms. The van der Waals surface area contributed by atoms with Crippen molar-refractivity contribution in [1.29, 1.82) is 0 Å². The summed E-state index contributed by atoms with van der Waals surface area (Å²) in [5.41, 5.74) is -0.391. The van der Waals surface area contributed by atoms with Gasteiger partial charge in [-0.05, 0) is 6.26 Å². The first-order valence-corrected chi connectivity index (χ1v) is 5.82. The molecule has 0 rings (SSSR count). The molecular weight excluding hydrogens is 186 g/mol. The topological polar surface area (TPSA) is 52.5 Å². The monoisotopic (exact) mass is 207 g/mol. The van der Waals surface area contributed by atoms with E-state index in [2.05, 4.69) is 18.5 Å². The predicted octanol–water partition coefficient (Wildman–Crippen LogP) is 0.318. The van der Waals surface area contributed by atoms with Crippen LogP contribution in [-0.2, 0) is 0 Å². The number of thioether (sulfide) groups is 1. The van der Waals surface area contributed by atoms with E-state index < -0.39 is 5.41 Å². The van der Waals surface area contributed by atoms with Gasteiger partial charge < -0.3 is 15.5 Å². The molecule has 1 atom stereocenters. The van der Waals surface area contributed by atoms with Crippen molar-refractivity contribution in [1.82, 2.24) is 5.32 Å². The molecule has 0 radical (unpaired) electrons. The van der Waals surface area contributed by atoms with E-state index in [1.165, 1.54) is 0 Å². The highest BCUT2D eigenvalue weighted by Gasteiger charge is 2.21. The van der Waals surface area contributed by atoms with E-state index in [4.69, 9.17) is 10.2 Å². The molecule has 0 saturated carbocycles. The zero-order valence-electron chi connectivity index (χ0n) is 8.71. The van der Waals surface area contributed by atoms with Gasteiger partial charge in [0.2, 0.25) is 0 Å². The second-order valence-electron chi connectivity index (χ2n) is 3.80. The third kappa shape index (κ3) is 5.52. The molecule has 0 amide bonds. The van der Waals surface area contributed by atoms with Crippen LogP contribution in [0.5, 0.6) is 0 Å². The average Bonchev–Trinajstić information content (AvgIpc) is 2.17. The van der Waals surface area contributed by atoms with Crippen LogP contribution in [0.15, 0.2) is 0 Å². The normalized spacial score (nSPS) is 14.5. The second kappa shape index (κ2) is 6.65. The van der Waals surface area contributed by atoms with Crippen molar-refractivity contribution >= 4 is 11.8 Å². The molecule has 0 bridgehead atoms. The van der Waals surface area contributed by atoms with Gasteiger partial charge >= 0.3 is 0 Å². The van der Waals surface area contributed by atoms with Gasteiger partial charge in [0.15, 0.2) is 0 Å². The molecule has 0 aliphatic heterocycles. The third-order valence-corrected chi connectivity index (χ3v) is 3.12. The maximum Gasteiger partial charge on any atom is 0.0518 e. The molecule has 0 aromatic carbocycles. The van der Waals surface area contributed by atoms with Crippen molar-refractivity contribution in [2.45, 2.75) is 19.1 Å². The van der Waals surface area contributed by atoms with Crippen molar-refractivity contribution < 1.29 is 10.2 Å². The SMILES string of the molecule is CSC(C)CNCC(C)(CO)CO. The van der Waals surface area contributed by atoms with Gasteiger partial charge in [-0.1, -0.05) is 13.8 Å². The largest absolute Gasteiger partial charge is 0.396 e. The van der Waals surface area contributed by atoms with Crippen LogP contribution in [-0.4, -0.2) is 48.0 Å². The minimum Gasteiger partial charge on any atom is -0.396 e.